The number of halogens is 1. The molecule has 0 spiro atoms. The summed E-state index contributed by atoms with van der Waals surface area (Å²) in [6, 6.07) is 15.8. The molecule has 0 aromatic heterocycles. The van der Waals surface area contributed by atoms with Crippen LogP contribution in [0.25, 0.3) is 0 Å². The van der Waals surface area contributed by atoms with Crippen LogP contribution in [0.5, 0.6) is 5.75 Å². The van der Waals surface area contributed by atoms with Crippen molar-refractivity contribution in [1.29, 1.82) is 0 Å². The number of unbranched alkanes of at least 4 members (excludes halogenated alkanes) is 9. The smallest absolute Gasteiger partial charge is 0.119 e. The molecule has 0 aliphatic carbocycles. The van der Waals surface area contributed by atoms with Gasteiger partial charge in [-0.1, -0.05) is 64.7 Å². The summed E-state index contributed by atoms with van der Waals surface area (Å²) in [6.07, 6.45) is 13.4. The first kappa shape index (κ1) is 22.9. The summed E-state index contributed by atoms with van der Waals surface area (Å²) in [6.45, 7) is 3.06. The molecule has 0 bridgehead atoms. The Morgan fingerprint density at radius 3 is 1.64 bits per heavy atom. The van der Waals surface area contributed by atoms with Crippen molar-refractivity contribution in [3.63, 3.8) is 0 Å². The van der Waals surface area contributed by atoms with Gasteiger partial charge in [-0.2, -0.15) is 10.2 Å². The molecular weight excluding hydrogens is 459 g/mol. The zero-order valence-corrected chi connectivity index (χ0v) is 19.2. The Morgan fingerprint density at radius 1 is 0.643 bits per heavy atom. The van der Waals surface area contributed by atoms with Crippen LogP contribution in [0, 0.1) is 3.57 Å². The molecule has 2 rings (SSSR count). The first-order valence-electron chi connectivity index (χ1n) is 10.7. The number of ether oxygens (including phenoxy) is 1. The first-order valence-corrected chi connectivity index (χ1v) is 11.8. The molecule has 0 heterocycles. The molecule has 0 aliphatic heterocycles. The van der Waals surface area contributed by atoms with Crippen LogP contribution in [0.1, 0.15) is 71.1 Å². The van der Waals surface area contributed by atoms with Crippen LogP contribution < -0.4 is 4.74 Å². The number of benzene rings is 2. The first-order chi connectivity index (χ1) is 13.8. The third-order valence-electron chi connectivity index (χ3n) is 4.71. The molecular formula is C24H33IN2O. The quantitative estimate of drug-likeness (QED) is 0.147. The molecule has 2 aromatic carbocycles. The summed E-state index contributed by atoms with van der Waals surface area (Å²) in [4.78, 5) is 0. The van der Waals surface area contributed by atoms with Gasteiger partial charge in [-0.25, -0.2) is 0 Å². The van der Waals surface area contributed by atoms with Crippen LogP contribution in [-0.2, 0) is 0 Å². The van der Waals surface area contributed by atoms with Crippen molar-refractivity contribution in [1.82, 2.24) is 0 Å². The SMILES string of the molecule is CCCCCCCCCCCCOc1ccc(N=Nc2ccc(I)cc2)cc1. The lowest BCUT2D eigenvalue weighted by Gasteiger charge is -2.06. The zero-order valence-electron chi connectivity index (χ0n) is 17.1. The van der Waals surface area contributed by atoms with E-state index >= 15 is 0 Å². The highest BCUT2D eigenvalue weighted by atomic mass is 127. The Morgan fingerprint density at radius 2 is 1.11 bits per heavy atom. The predicted molar refractivity (Wildman–Crippen MR) is 127 cm³/mol. The Balaban J connectivity index is 1.54. The van der Waals surface area contributed by atoms with E-state index in [9.17, 15) is 0 Å². The van der Waals surface area contributed by atoms with Crippen LogP contribution in [0.2, 0.25) is 0 Å². The van der Waals surface area contributed by atoms with E-state index in [4.69, 9.17) is 4.74 Å². The molecule has 0 atom stereocenters. The fourth-order valence-electron chi connectivity index (χ4n) is 3.01. The van der Waals surface area contributed by atoms with Crippen molar-refractivity contribution < 1.29 is 4.74 Å². The van der Waals surface area contributed by atoms with E-state index in [1.54, 1.807) is 0 Å². The largest absolute Gasteiger partial charge is 0.494 e. The van der Waals surface area contributed by atoms with E-state index in [0.717, 1.165) is 30.2 Å². The van der Waals surface area contributed by atoms with Gasteiger partial charge in [-0.3, -0.25) is 0 Å². The van der Waals surface area contributed by atoms with Gasteiger partial charge in [-0.05, 0) is 77.5 Å². The van der Waals surface area contributed by atoms with E-state index in [1.165, 1.54) is 61.4 Å². The van der Waals surface area contributed by atoms with Crippen molar-refractivity contribution in [2.45, 2.75) is 71.1 Å². The van der Waals surface area contributed by atoms with Gasteiger partial charge in [0.2, 0.25) is 0 Å². The topological polar surface area (TPSA) is 34.0 Å². The molecule has 3 nitrogen and oxygen atoms in total. The molecule has 0 amide bonds. The van der Waals surface area contributed by atoms with E-state index in [-0.39, 0.29) is 0 Å². The Hall–Kier alpha value is -1.43. The van der Waals surface area contributed by atoms with Crippen molar-refractivity contribution in [2.75, 3.05) is 6.61 Å². The molecule has 0 fully saturated rings. The number of hydrogen-bond acceptors (Lipinski definition) is 3. The van der Waals surface area contributed by atoms with Gasteiger partial charge in [0.15, 0.2) is 0 Å². The molecule has 0 unspecified atom stereocenters. The molecule has 4 heteroatoms. The molecule has 0 N–H and O–H groups in total. The highest BCUT2D eigenvalue weighted by molar-refractivity contribution is 14.1. The maximum Gasteiger partial charge on any atom is 0.119 e. The summed E-state index contributed by atoms with van der Waals surface area (Å²) < 4.78 is 7.03. The number of hydrogen-bond donors (Lipinski definition) is 0. The van der Waals surface area contributed by atoms with Gasteiger partial charge in [0.05, 0.1) is 18.0 Å². The average Bonchev–Trinajstić information content (AvgIpc) is 2.72. The molecule has 28 heavy (non-hydrogen) atoms. The minimum atomic E-state index is 0.792. The van der Waals surface area contributed by atoms with Crippen LogP contribution >= 0.6 is 22.6 Å². The van der Waals surface area contributed by atoms with Crippen LogP contribution in [0.15, 0.2) is 58.8 Å². The van der Waals surface area contributed by atoms with Gasteiger partial charge in [0.1, 0.15) is 5.75 Å². The second kappa shape index (κ2) is 14.6. The lowest BCUT2D eigenvalue weighted by molar-refractivity contribution is 0.304. The summed E-state index contributed by atoms with van der Waals surface area (Å²) in [5, 5.41) is 8.54. The Labute approximate surface area is 184 Å². The third-order valence-corrected chi connectivity index (χ3v) is 5.43. The standard InChI is InChI=1S/C24H33IN2O/c1-2-3-4-5-6-7-8-9-10-11-20-28-24-18-16-23(17-19-24)27-26-22-14-12-21(25)13-15-22/h12-19H,2-11,20H2,1H3. The van der Waals surface area contributed by atoms with E-state index in [0.29, 0.717) is 0 Å². The van der Waals surface area contributed by atoms with Gasteiger partial charge >= 0.3 is 0 Å². The number of nitrogens with zero attached hydrogens (tertiary/aromatic N) is 2. The Kier molecular flexibility index (Phi) is 11.9. The molecule has 0 aliphatic rings. The van der Waals surface area contributed by atoms with Gasteiger partial charge in [0, 0.05) is 3.57 Å². The normalized spacial score (nSPS) is 11.2. The zero-order chi connectivity index (χ0) is 19.9. The van der Waals surface area contributed by atoms with Crippen molar-refractivity contribution in [3.05, 3.63) is 52.1 Å². The lowest BCUT2D eigenvalue weighted by Crippen LogP contribution is -1.96. The highest BCUT2D eigenvalue weighted by Gasteiger charge is 1.97. The maximum atomic E-state index is 5.84. The molecule has 152 valence electrons. The summed E-state index contributed by atoms with van der Waals surface area (Å²) >= 11 is 2.28. The second-order valence-electron chi connectivity index (χ2n) is 7.20. The summed E-state index contributed by atoms with van der Waals surface area (Å²) in [7, 11) is 0. The molecule has 0 radical (unpaired) electrons. The summed E-state index contributed by atoms with van der Waals surface area (Å²) in [5.41, 5.74) is 1.70. The van der Waals surface area contributed by atoms with Gasteiger partial charge in [0.25, 0.3) is 0 Å². The van der Waals surface area contributed by atoms with Crippen LogP contribution in [-0.4, -0.2) is 6.61 Å². The predicted octanol–water partition coefficient (Wildman–Crippen LogP) is 9.01. The summed E-state index contributed by atoms with van der Waals surface area (Å²) in [5.74, 6) is 0.907. The molecule has 0 saturated carbocycles. The van der Waals surface area contributed by atoms with Crippen molar-refractivity contribution >= 4 is 34.0 Å². The van der Waals surface area contributed by atoms with Crippen LogP contribution in [0.3, 0.4) is 0 Å². The van der Waals surface area contributed by atoms with Crippen molar-refractivity contribution in [3.8, 4) is 5.75 Å². The maximum absolute atomic E-state index is 5.84. The fraction of sp³-hybridized carbons (Fsp3) is 0.500. The number of rotatable bonds is 14. The fourth-order valence-corrected chi connectivity index (χ4v) is 3.37. The number of azo groups is 1. The highest BCUT2D eigenvalue weighted by Crippen LogP contribution is 2.22. The third kappa shape index (κ3) is 10.2. The monoisotopic (exact) mass is 492 g/mol. The van der Waals surface area contributed by atoms with Gasteiger partial charge in [-0.15, -0.1) is 0 Å². The van der Waals surface area contributed by atoms with Gasteiger partial charge < -0.3 is 4.74 Å². The van der Waals surface area contributed by atoms with Crippen LogP contribution in [0.4, 0.5) is 11.4 Å². The minimum Gasteiger partial charge on any atom is -0.494 e. The minimum absolute atomic E-state index is 0.792. The average molecular weight is 492 g/mol. The lowest BCUT2D eigenvalue weighted by atomic mass is 10.1. The molecule has 2 aromatic rings. The van der Waals surface area contributed by atoms with E-state index < -0.39 is 0 Å². The second-order valence-corrected chi connectivity index (χ2v) is 8.45. The van der Waals surface area contributed by atoms with E-state index in [2.05, 4.69) is 39.7 Å². The van der Waals surface area contributed by atoms with E-state index in [1.807, 2.05) is 48.5 Å². The Bertz CT molecular complexity index is 668. The molecule has 0 saturated heterocycles. The van der Waals surface area contributed by atoms with Crippen molar-refractivity contribution in [2.24, 2.45) is 10.2 Å².